The van der Waals surface area contributed by atoms with Crippen molar-refractivity contribution >= 4 is 21.4 Å². The fraction of sp³-hybridized carbons (Fsp3) is 0.333. The molecule has 1 unspecified atom stereocenters. The molecule has 0 aliphatic rings. The Bertz CT molecular complexity index is 521. The lowest BCUT2D eigenvalue weighted by molar-refractivity contribution is -0.136. The molecule has 0 saturated carbocycles. The second-order valence-corrected chi connectivity index (χ2v) is 4.98. The van der Waals surface area contributed by atoms with Crippen LogP contribution in [0.5, 0.6) is 0 Å². The molecule has 3 N–H and O–H groups in total. The molecule has 0 bridgehead atoms. The summed E-state index contributed by atoms with van der Waals surface area (Å²) in [4.78, 5) is 0. The van der Waals surface area contributed by atoms with Gasteiger partial charge >= 0.3 is 6.18 Å². The van der Waals surface area contributed by atoms with E-state index in [9.17, 15) is 13.2 Å². The van der Waals surface area contributed by atoms with Crippen LogP contribution in [0.25, 0.3) is 10.1 Å². The maximum absolute atomic E-state index is 12.3. The van der Waals surface area contributed by atoms with Crippen LogP contribution in [0.4, 0.5) is 13.2 Å². The molecule has 0 aliphatic carbocycles. The Balaban J connectivity index is 2.24. The highest BCUT2D eigenvalue weighted by Crippen LogP contribution is 2.33. The third kappa shape index (κ3) is 3.01. The van der Waals surface area contributed by atoms with Gasteiger partial charge in [-0.1, -0.05) is 18.2 Å². The second kappa shape index (κ2) is 5.26. The standard InChI is InChI=1S/C12H13F3N2S/c13-12(14,15)6-4-10(17-16)9-3-1-2-8-5-7-18-11(8)9/h1-3,5,7,10,17H,4,6,16H2. The van der Waals surface area contributed by atoms with E-state index >= 15 is 0 Å². The number of thiophene rings is 1. The molecule has 98 valence electrons. The monoisotopic (exact) mass is 274 g/mol. The molecule has 18 heavy (non-hydrogen) atoms. The smallest absolute Gasteiger partial charge is 0.271 e. The lowest BCUT2D eigenvalue weighted by Gasteiger charge is -2.18. The van der Waals surface area contributed by atoms with E-state index < -0.39 is 18.6 Å². The molecule has 1 atom stereocenters. The largest absolute Gasteiger partial charge is 0.389 e. The molecule has 0 aliphatic heterocycles. The van der Waals surface area contributed by atoms with Crippen LogP contribution in [0.1, 0.15) is 24.4 Å². The van der Waals surface area contributed by atoms with Crippen LogP contribution in [0.15, 0.2) is 29.6 Å². The first-order valence-electron chi connectivity index (χ1n) is 5.50. The minimum atomic E-state index is -4.15. The van der Waals surface area contributed by atoms with Crippen molar-refractivity contribution in [2.75, 3.05) is 0 Å². The highest BCUT2D eigenvalue weighted by atomic mass is 32.1. The van der Waals surface area contributed by atoms with Gasteiger partial charge in [-0.3, -0.25) is 11.3 Å². The SMILES string of the molecule is NNC(CCC(F)(F)F)c1cccc2ccsc12. The molecule has 2 rings (SSSR count). The van der Waals surface area contributed by atoms with Crippen LogP contribution in [-0.2, 0) is 0 Å². The highest BCUT2D eigenvalue weighted by Gasteiger charge is 2.28. The van der Waals surface area contributed by atoms with Crippen molar-refractivity contribution in [2.24, 2.45) is 5.84 Å². The van der Waals surface area contributed by atoms with Gasteiger partial charge in [0.1, 0.15) is 0 Å². The van der Waals surface area contributed by atoms with Gasteiger partial charge in [0.15, 0.2) is 0 Å². The third-order valence-corrected chi connectivity index (χ3v) is 3.78. The zero-order valence-electron chi connectivity index (χ0n) is 9.50. The van der Waals surface area contributed by atoms with Crippen molar-refractivity contribution in [3.8, 4) is 0 Å². The molecule has 0 fully saturated rings. The van der Waals surface area contributed by atoms with E-state index in [1.807, 2.05) is 29.6 Å². The number of nitrogens with one attached hydrogen (secondary N) is 1. The van der Waals surface area contributed by atoms with Crippen LogP contribution in [0.3, 0.4) is 0 Å². The molecule has 1 aromatic heterocycles. The minimum Gasteiger partial charge on any atom is -0.271 e. The van der Waals surface area contributed by atoms with Gasteiger partial charge in [-0.15, -0.1) is 11.3 Å². The molecular formula is C12H13F3N2S. The van der Waals surface area contributed by atoms with E-state index in [4.69, 9.17) is 5.84 Å². The second-order valence-electron chi connectivity index (χ2n) is 4.06. The summed E-state index contributed by atoms with van der Waals surface area (Å²) >= 11 is 1.51. The van der Waals surface area contributed by atoms with Gasteiger partial charge in [-0.05, 0) is 28.8 Å². The van der Waals surface area contributed by atoms with Crippen LogP contribution >= 0.6 is 11.3 Å². The molecule has 1 heterocycles. The molecule has 0 radical (unpaired) electrons. The van der Waals surface area contributed by atoms with Gasteiger partial charge < -0.3 is 0 Å². The normalized spacial score (nSPS) is 14.0. The molecule has 2 aromatic rings. The molecular weight excluding hydrogens is 261 g/mol. The van der Waals surface area contributed by atoms with E-state index in [-0.39, 0.29) is 6.42 Å². The predicted octanol–water partition coefficient (Wildman–Crippen LogP) is 3.75. The Morgan fingerprint density at radius 2 is 2.06 bits per heavy atom. The fourth-order valence-electron chi connectivity index (χ4n) is 1.93. The van der Waals surface area contributed by atoms with E-state index in [0.717, 1.165) is 15.6 Å². The van der Waals surface area contributed by atoms with E-state index in [2.05, 4.69) is 5.43 Å². The summed E-state index contributed by atoms with van der Waals surface area (Å²) in [6.07, 6.45) is -5.06. The van der Waals surface area contributed by atoms with Gasteiger partial charge in [0.05, 0.1) is 0 Å². The number of hydrazine groups is 1. The van der Waals surface area contributed by atoms with Crippen molar-refractivity contribution in [2.45, 2.75) is 25.1 Å². The summed E-state index contributed by atoms with van der Waals surface area (Å²) in [6.45, 7) is 0. The van der Waals surface area contributed by atoms with Crippen LogP contribution < -0.4 is 11.3 Å². The minimum absolute atomic E-state index is 0.0585. The number of fused-ring (bicyclic) bond motifs is 1. The quantitative estimate of drug-likeness (QED) is 0.658. The molecule has 0 spiro atoms. The molecule has 0 amide bonds. The van der Waals surface area contributed by atoms with E-state index in [1.54, 1.807) is 0 Å². The lowest BCUT2D eigenvalue weighted by Crippen LogP contribution is -2.29. The summed E-state index contributed by atoms with van der Waals surface area (Å²) in [5, 5.41) is 2.95. The first-order chi connectivity index (χ1) is 8.51. The van der Waals surface area contributed by atoms with Gasteiger partial charge in [0, 0.05) is 17.2 Å². The molecule has 2 nitrogen and oxygen atoms in total. The van der Waals surface area contributed by atoms with Crippen molar-refractivity contribution in [1.29, 1.82) is 0 Å². The van der Waals surface area contributed by atoms with Crippen molar-refractivity contribution < 1.29 is 13.2 Å². The van der Waals surface area contributed by atoms with Gasteiger partial charge in [0.2, 0.25) is 0 Å². The zero-order valence-corrected chi connectivity index (χ0v) is 10.3. The zero-order chi connectivity index (χ0) is 13.2. The fourth-order valence-corrected chi connectivity index (χ4v) is 2.90. The Hall–Kier alpha value is -1.11. The average Bonchev–Trinajstić information content (AvgIpc) is 2.77. The maximum atomic E-state index is 12.3. The van der Waals surface area contributed by atoms with Gasteiger partial charge in [0.25, 0.3) is 0 Å². The number of halogens is 3. The summed E-state index contributed by atoms with van der Waals surface area (Å²) in [6, 6.07) is 7.06. The highest BCUT2D eigenvalue weighted by molar-refractivity contribution is 7.17. The summed E-state index contributed by atoms with van der Waals surface area (Å²) in [5.41, 5.74) is 3.31. The first kappa shape index (κ1) is 13.3. The number of hydrogen-bond acceptors (Lipinski definition) is 3. The summed E-state index contributed by atoms with van der Waals surface area (Å²) in [7, 11) is 0. The van der Waals surface area contributed by atoms with Crippen LogP contribution in [0, 0.1) is 0 Å². The van der Waals surface area contributed by atoms with Crippen LogP contribution in [-0.4, -0.2) is 6.18 Å². The lowest BCUT2D eigenvalue weighted by atomic mass is 10.0. The van der Waals surface area contributed by atoms with Gasteiger partial charge in [-0.2, -0.15) is 13.2 Å². The molecule has 6 heteroatoms. The summed E-state index contributed by atoms with van der Waals surface area (Å²) < 4.78 is 37.8. The number of benzene rings is 1. The molecule has 1 aromatic carbocycles. The number of nitrogens with two attached hydrogens (primary N) is 1. The van der Waals surface area contributed by atoms with Crippen LogP contribution in [0.2, 0.25) is 0 Å². The van der Waals surface area contributed by atoms with Crippen molar-refractivity contribution in [1.82, 2.24) is 5.43 Å². The Kier molecular flexibility index (Phi) is 3.89. The number of rotatable bonds is 4. The van der Waals surface area contributed by atoms with E-state index in [1.165, 1.54) is 11.3 Å². The van der Waals surface area contributed by atoms with E-state index in [0.29, 0.717) is 0 Å². The Morgan fingerprint density at radius 3 is 2.72 bits per heavy atom. The summed E-state index contributed by atoms with van der Waals surface area (Å²) in [5.74, 6) is 5.38. The van der Waals surface area contributed by atoms with Crippen molar-refractivity contribution in [3.05, 3.63) is 35.2 Å². The molecule has 0 saturated heterocycles. The first-order valence-corrected chi connectivity index (χ1v) is 6.38. The maximum Gasteiger partial charge on any atom is 0.389 e. The average molecular weight is 274 g/mol. The Labute approximate surface area is 107 Å². The van der Waals surface area contributed by atoms with Gasteiger partial charge in [-0.25, -0.2) is 0 Å². The predicted molar refractivity (Wildman–Crippen MR) is 67.2 cm³/mol. The third-order valence-electron chi connectivity index (χ3n) is 2.80. The topological polar surface area (TPSA) is 38.0 Å². The number of hydrogen-bond donors (Lipinski definition) is 2. The number of alkyl halides is 3. The Morgan fingerprint density at radius 1 is 1.28 bits per heavy atom. The van der Waals surface area contributed by atoms with Crippen molar-refractivity contribution in [3.63, 3.8) is 0 Å².